The molecule has 2 N–H and O–H groups in total. The number of rotatable bonds is 7. The van der Waals surface area contributed by atoms with Gasteiger partial charge >= 0.3 is 7.60 Å². The van der Waals surface area contributed by atoms with Crippen LogP contribution in [0.15, 0.2) is 12.1 Å². The van der Waals surface area contributed by atoms with Crippen molar-refractivity contribution in [1.29, 1.82) is 0 Å². The van der Waals surface area contributed by atoms with Crippen molar-refractivity contribution in [2.24, 2.45) is 0 Å². The lowest BCUT2D eigenvalue weighted by Gasteiger charge is -2.21. The molecular formula is C15H24NO4P. The lowest BCUT2D eigenvalue weighted by atomic mass is 9.91. The largest absolute Gasteiger partial charge is 0.479 e. The van der Waals surface area contributed by atoms with Crippen LogP contribution in [0.5, 0.6) is 5.75 Å². The Balaban J connectivity index is 2.10. The van der Waals surface area contributed by atoms with Crippen molar-refractivity contribution in [1.82, 2.24) is 0 Å². The van der Waals surface area contributed by atoms with Crippen molar-refractivity contribution in [2.45, 2.75) is 39.5 Å². The highest BCUT2D eigenvalue weighted by Crippen LogP contribution is 2.48. The van der Waals surface area contributed by atoms with E-state index < -0.39 is 7.60 Å². The highest BCUT2D eigenvalue weighted by atomic mass is 31.2. The minimum atomic E-state index is -3.21. The first-order chi connectivity index (χ1) is 10.1. The van der Waals surface area contributed by atoms with Crippen LogP contribution in [-0.2, 0) is 26.5 Å². The van der Waals surface area contributed by atoms with E-state index in [0.717, 1.165) is 12.8 Å². The van der Waals surface area contributed by atoms with Gasteiger partial charge < -0.3 is 19.5 Å². The van der Waals surface area contributed by atoms with E-state index in [1.807, 2.05) is 12.1 Å². The highest BCUT2D eigenvalue weighted by molar-refractivity contribution is 7.53. The first kappa shape index (κ1) is 16.3. The first-order valence-electron chi connectivity index (χ1n) is 7.50. The number of aryl methyl sites for hydroxylation is 2. The lowest BCUT2D eigenvalue weighted by molar-refractivity contribution is 0.197. The molecule has 0 aliphatic heterocycles. The van der Waals surface area contributed by atoms with Crippen molar-refractivity contribution >= 4 is 13.3 Å². The Hall–Kier alpha value is -1.03. The predicted molar refractivity (Wildman–Crippen MR) is 83.8 cm³/mol. The molecular weight excluding hydrogens is 289 g/mol. The molecule has 0 heterocycles. The van der Waals surface area contributed by atoms with E-state index in [-0.39, 0.29) is 6.35 Å². The van der Waals surface area contributed by atoms with Crippen molar-refractivity contribution in [3.63, 3.8) is 0 Å². The Kier molecular flexibility index (Phi) is 5.68. The summed E-state index contributed by atoms with van der Waals surface area (Å²) in [6.07, 6.45) is 4.39. The van der Waals surface area contributed by atoms with E-state index in [1.54, 1.807) is 13.8 Å². The van der Waals surface area contributed by atoms with Gasteiger partial charge in [0.1, 0.15) is 5.75 Å². The van der Waals surface area contributed by atoms with Gasteiger partial charge in [0.05, 0.1) is 18.9 Å². The molecule has 21 heavy (non-hydrogen) atoms. The first-order valence-corrected chi connectivity index (χ1v) is 9.23. The zero-order valence-corrected chi connectivity index (χ0v) is 13.7. The van der Waals surface area contributed by atoms with Gasteiger partial charge in [-0.3, -0.25) is 4.57 Å². The second-order valence-electron chi connectivity index (χ2n) is 5.09. The number of ether oxygens (including phenoxy) is 1. The summed E-state index contributed by atoms with van der Waals surface area (Å²) in [5.74, 6) is 0.565. The Labute approximate surface area is 126 Å². The van der Waals surface area contributed by atoms with Crippen LogP contribution >= 0.6 is 7.60 Å². The number of fused-ring (bicyclic) bond motifs is 1. The van der Waals surface area contributed by atoms with Gasteiger partial charge in [-0.2, -0.15) is 0 Å². The molecule has 2 rings (SSSR count). The van der Waals surface area contributed by atoms with Crippen molar-refractivity contribution < 1.29 is 18.3 Å². The van der Waals surface area contributed by atoms with Crippen molar-refractivity contribution in [2.75, 3.05) is 25.3 Å². The van der Waals surface area contributed by atoms with Crippen LogP contribution < -0.4 is 10.5 Å². The maximum Gasteiger partial charge on any atom is 0.367 e. The Morgan fingerprint density at radius 3 is 2.24 bits per heavy atom. The van der Waals surface area contributed by atoms with Crippen molar-refractivity contribution in [3.8, 4) is 5.75 Å². The smallest absolute Gasteiger partial charge is 0.367 e. The maximum atomic E-state index is 12.4. The van der Waals surface area contributed by atoms with Crippen LogP contribution in [-0.4, -0.2) is 19.6 Å². The number of hydrogen-bond donors (Lipinski definition) is 1. The summed E-state index contributed by atoms with van der Waals surface area (Å²) in [7, 11) is -3.21. The summed E-state index contributed by atoms with van der Waals surface area (Å²) in [5, 5.41) is 0. The SMILES string of the molecule is CCOP(=O)(COc1cc2c(cc1N)CCCC2)OCC. The summed E-state index contributed by atoms with van der Waals surface area (Å²) >= 11 is 0. The third-order valence-corrected chi connectivity index (χ3v) is 5.25. The van der Waals surface area contributed by atoms with Crippen LogP contribution in [0, 0.1) is 0 Å². The monoisotopic (exact) mass is 313 g/mol. The van der Waals surface area contributed by atoms with Crippen LogP contribution in [0.1, 0.15) is 37.8 Å². The van der Waals surface area contributed by atoms with E-state index in [2.05, 4.69) is 0 Å². The molecule has 1 aliphatic rings. The summed E-state index contributed by atoms with van der Waals surface area (Å²) in [5.41, 5.74) is 9.17. The Morgan fingerprint density at radius 2 is 1.67 bits per heavy atom. The summed E-state index contributed by atoms with van der Waals surface area (Å²) in [6, 6.07) is 3.93. The van der Waals surface area contributed by atoms with Gasteiger partial charge in [0, 0.05) is 0 Å². The number of nitrogen functional groups attached to an aromatic ring is 1. The standard InChI is InChI=1S/C15H24NO4P/c1-3-19-21(17,20-4-2)11-18-15-10-13-8-6-5-7-12(13)9-14(15)16/h9-10H,3-8,11,16H2,1-2H3. The number of hydrogen-bond acceptors (Lipinski definition) is 5. The molecule has 1 aromatic carbocycles. The topological polar surface area (TPSA) is 70.8 Å². The van der Waals surface area contributed by atoms with Crippen LogP contribution in [0.25, 0.3) is 0 Å². The second-order valence-corrected chi connectivity index (χ2v) is 7.08. The molecule has 6 heteroatoms. The quantitative estimate of drug-likeness (QED) is 0.613. The maximum absolute atomic E-state index is 12.4. The fourth-order valence-electron chi connectivity index (χ4n) is 2.56. The number of benzene rings is 1. The third-order valence-electron chi connectivity index (χ3n) is 3.50. The second kappa shape index (κ2) is 7.30. The molecule has 118 valence electrons. The zero-order valence-electron chi connectivity index (χ0n) is 12.8. The molecule has 5 nitrogen and oxygen atoms in total. The average Bonchev–Trinajstić information content (AvgIpc) is 2.45. The fourth-order valence-corrected chi connectivity index (χ4v) is 3.87. The molecule has 1 aliphatic carbocycles. The lowest BCUT2D eigenvalue weighted by Crippen LogP contribution is -2.09. The summed E-state index contributed by atoms with van der Waals surface area (Å²) in [6.45, 7) is 4.19. The zero-order chi connectivity index (χ0) is 15.3. The molecule has 0 amide bonds. The molecule has 1 aromatic rings. The third kappa shape index (κ3) is 4.22. The van der Waals surface area contributed by atoms with E-state index in [1.165, 1.54) is 24.0 Å². The molecule has 0 saturated heterocycles. The summed E-state index contributed by atoms with van der Waals surface area (Å²) < 4.78 is 28.4. The number of anilines is 1. The molecule has 0 unspecified atom stereocenters. The van der Waals surface area contributed by atoms with Crippen molar-refractivity contribution in [3.05, 3.63) is 23.3 Å². The van der Waals surface area contributed by atoms with E-state index in [0.29, 0.717) is 24.7 Å². The van der Waals surface area contributed by atoms with E-state index in [4.69, 9.17) is 19.5 Å². The van der Waals surface area contributed by atoms with E-state index >= 15 is 0 Å². The van der Waals surface area contributed by atoms with Gasteiger partial charge in [0.25, 0.3) is 0 Å². The molecule has 0 atom stereocenters. The van der Waals surface area contributed by atoms with Crippen LogP contribution in [0.3, 0.4) is 0 Å². The molecule has 0 spiro atoms. The molecule has 0 bridgehead atoms. The normalized spacial score (nSPS) is 14.8. The van der Waals surface area contributed by atoms with Gasteiger partial charge in [-0.15, -0.1) is 0 Å². The molecule has 0 aromatic heterocycles. The predicted octanol–water partition coefficient (Wildman–Crippen LogP) is 3.75. The Morgan fingerprint density at radius 1 is 1.10 bits per heavy atom. The highest BCUT2D eigenvalue weighted by Gasteiger charge is 2.25. The summed E-state index contributed by atoms with van der Waals surface area (Å²) in [4.78, 5) is 0. The van der Waals surface area contributed by atoms with Gasteiger partial charge in [0.2, 0.25) is 0 Å². The van der Waals surface area contributed by atoms with E-state index in [9.17, 15) is 4.57 Å². The van der Waals surface area contributed by atoms with Gasteiger partial charge in [-0.25, -0.2) is 0 Å². The van der Waals surface area contributed by atoms with Gasteiger partial charge in [0.15, 0.2) is 6.35 Å². The fraction of sp³-hybridized carbons (Fsp3) is 0.600. The molecule has 0 fully saturated rings. The number of nitrogens with two attached hydrogens (primary N) is 1. The Bertz CT molecular complexity index is 523. The minimum Gasteiger partial charge on any atom is -0.479 e. The molecule has 0 saturated carbocycles. The van der Waals surface area contributed by atoms with Crippen LogP contribution in [0.4, 0.5) is 5.69 Å². The average molecular weight is 313 g/mol. The minimum absolute atomic E-state index is 0.113. The molecule has 0 radical (unpaired) electrons. The van der Waals surface area contributed by atoms with Crippen LogP contribution in [0.2, 0.25) is 0 Å². The van der Waals surface area contributed by atoms with Gasteiger partial charge in [-0.05, 0) is 62.8 Å². The van der Waals surface area contributed by atoms with Gasteiger partial charge in [-0.1, -0.05) is 0 Å².